The lowest BCUT2D eigenvalue weighted by atomic mass is 10.1. The molecule has 3 amide bonds. The molecule has 0 aliphatic rings. The van der Waals surface area contributed by atoms with Crippen molar-refractivity contribution in [3.8, 4) is 0 Å². The molecule has 34 heavy (non-hydrogen) atoms. The fraction of sp³-hybridized carbons (Fsp3) is 0.464. The van der Waals surface area contributed by atoms with Crippen molar-refractivity contribution in [3.63, 3.8) is 0 Å². The van der Waals surface area contributed by atoms with E-state index in [4.69, 9.17) is 0 Å². The Bertz CT molecular complexity index is 892. The molecule has 3 N–H and O–H groups in total. The van der Waals surface area contributed by atoms with Crippen molar-refractivity contribution in [2.24, 2.45) is 0 Å². The van der Waals surface area contributed by atoms with E-state index < -0.39 is 0 Å². The second-order valence-corrected chi connectivity index (χ2v) is 8.64. The van der Waals surface area contributed by atoms with Gasteiger partial charge >= 0.3 is 0 Å². The molecule has 0 bridgehead atoms. The molecular weight excluding hydrogens is 426 g/mol. The van der Waals surface area contributed by atoms with Crippen LogP contribution in [0.25, 0.3) is 0 Å². The van der Waals surface area contributed by atoms with Gasteiger partial charge in [0.05, 0.1) is 0 Å². The molecule has 0 saturated heterocycles. The highest BCUT2D eigenvalue weighted by atomic mass is 16.2. The Hall–Kier alpha value is -3.15. The smallest absolute Gasteiger partial charge is 0.255 e. The van der Waals surface area contributed by atoms with E-state index in [0.717, 1.165) is 32.1 Å². The number of anilines is 2. The van der Waals surface area contributed by atoms with Crippen LogP contribution in [0, 0.1) is 0 Å². The SMILES string of the molecule is CCCCCCCCNC(=O)c1ccc(NC(=O)c2ccc(NC(=O)CCCCC)cc2)cc1. The third-order valence-electron chi connectivity index (χ3n) is 5.66. The number of hydrogen-bond acceptors (Lipinski definition) is 3. The van der Waals surface area contributed by atoms with Gasteiger partial charge in [0.1, 0.15) is 0 Å². The standard InChI is InChI=1S/C28H39N3O3/c1-3-5-7-8-9-11-21-29-27(33)22-13-19-25(20-14-22)31-28(34)23-15-17-24(18-16-23)30-26(32)12-10-6-4-2/h13-20H,3-12,21H2,1-2H3,(H,29,33)(H,30,32)(H,31,34). The summed E-state index contributed by atoms with van der Waals surface area (Å²) in [6, 6.07) is 13.7. The lowest BCUT2D eigenvalue weighted by molar-refractivity contribution is -0.116. The number of hydrogen-bond donors (Lipinski definition) is 3. The van der Waals surface area contributed by atoms with Crippen LogP contribution in [0.5, 0.6) is 0 Å². The summed E-state index contributed by atoms with van der Waals surface area (Å²) in [4.78, 5) is 36.7. The van der Waals surface area contributed by atoms with Gasteiger partial charge in [-0.25, -0.2) is 0 Å². The first-order chi connectivity index (χ1) is 16.5. The molecule has 0 atom stereocenters. The Kier molecular flexibility index (Phi) is 12.5. The Labute approximate surface area is 203 Å². The van der Waals surface area contributed by atoms with Crippen molar-refractivity contribution in [2.75, 3.05) is 17.2 Å². The zero-order valence-corrected chi connectivity index (χ0v) is 20.6. The molecule has 2 aromatic carbocycles. The number of carbonyl (C=O) groups excluding carboxylic acids is 3. The first-order valence-electron chi connectivity index (χ1n) is 12.6. The molecular formula is C28H39N3O3. The van der Waals surface area contributed by atoms with Crippen LogP contribution in [0.2, 0.25) is 0 Å². The molecule has 2 rings (SSSR count). The zero-order chi connectivity index (χ0) is 24.6. The Morgan fingerprint density at radius 1 is 0.588 bits per heavy atom. The summed E-state index contributed by atoms with van der Waals surface area (Å²) in [6.07, 6.45) is 10.6. The van der Waals surface area contributed by atoms with Gasteiger partial charge in [-0.15, -0.1) is 0 Å². The number of benzene rings is 2. The van der Waals surface area contributed by atoms with Crippen molar-refractivity contribution in [3.05, 3.63) is 59.7 Å². The van der Waals surface area contributed by atoms with E-state index in [9.17, 15) is 14.4 Å². The second-order valence-electron chi connectivity index (χ2n) is 8.64. The second kappa shape index (κ2) is 15.6. The summed E-state index contributed by atoms with van der Waals surface area (Å²) in [5.74, 6) is -0.360. The first-order valence-corrected chi connectivity index (χ1v) is 12.6. The van der Waals surface area contributed by atoms with Crippen LogP contribution in [-0.2, 0) is 4.79 Å². The quantitative estimate of drug-likeness (QED) is 0.261. The number of nitrogens with one attached hydrogen (secondary N) is 3. The molecule has 184 valence electrons. The molecule has 6 heteroatoms. The fourth-order valence-electron chi connectivity index (χ4n) is 3.58. The van der Waals surface area contributed by atoms with Gasteiger partial charge in [-0.05, 0) is 61.4 Å². The third kappa shape index (κ3) is 10.2. The molecule has 0 unspecified atom stereocenters. The number of amides is 3. The summed E-state index contributed by atoms with van der Waals surface area (Å²) in [7, 11) is 0. The van der Waals surface area contributed by atoms with Crippen LogP contribution in [0.15, 0.2) is 48.5 Å². The van der Waals surface area contributed by atoms with E-state index in [1.54, 1.807) is 48.5 Å². The average Bonchev–Trinajstić information content (AvgIpc) is 2.84. The van der Waals surface area contributed by atoms with Gasteiger partial charge in [0.15, 0.2) is 0 Å². The first kappa shape index (κ1) is 27.1. The van der Waals surface area contributed by atoms with Crippen LogP contribution >= 0.6 is 0 Å². The van der Waals surface area contributed by atoms with Gasteiger partial charge in [-0.3, -0.25) is 14.4 Å². The topological polar surface area (TPSA) is 87.3 Å². The molecule has 0 radical (unpaired) electrons. The van der Waals surface area contributed by atoms with E-state index in [-0.39, 0.29) is 17.7 Å². The largest absolute Gasteiger partial charge is 0.352 e. The Morgan fingerprint density at radius 3 is 1.71 bits per heavy atom. The highest BCUT2D eigenvalue weighted by molar-refractivity contribution is 6.05. The maximum Gasteiger partial charge on any atom is 0.255 e. The Balaban J connectivity index is 1.76. The van der Waals surface area contributed by atoms with Gasteiger partial charge in [0, 0.05) is 35.5 Å². The van der Waals surface area contributed by atoms with E-state index >= 15 is 0 Å². The van der Waals surface area contributed by atoms with Crippen LogP contribution in [0.3, 0.4) is 0 Å². The van der Waals surface area contributed by atoms with Crippen LogP contribution in [0.1, 0.15) is 98.8 Å². The summed E-state index contributed by atoms with van der Waals surface area (Å²) >= 11 is 0. The zero-order valence-electron chi connectivity index (χ0n) is 20.6. The summed E-state index contributed by atoms with van der Waals surface area (Å²) < 4.78 is 0. The molecule has 2 aromatic rings. The third-order valence-corrected chi connectivity index (χ3v) is 5.66. The van der Waals surface area contributed by atoms with E-state index in [1.807, 2.05) is 0 Å². The number of unbranched alkanes of at least 4 members (excludes halogenated alkanes) is 7. The normalized spacial score (nSPS) is 10.5. The van der Waals surface area contributed by atoms with E-state index in [1.165, 1.54) is 25.7 Å². The van der Waals surface area contributed by atoms with Gasteiger partial charge in [0.25, 0.3) is 11.8 Å². The highest BCUT2D eigenvalue weighted by Gasteiger charge is 2.09. The molecule has 0 fully saturated rings. The van der Waals surface area contributed by atoms with Gasteiger partial charge in [0.2, 0.25) is 5.91 Å². The van der Waals surface area contributed by atoms with Crippen molar-refractivity contribution in [1.82, 2.24) is 5.32 Å². The van der Waals surface area contributed by atoms with Crippen LogP contribution in [0.4, 0.5) is 11.4 Å². The summed E-state index contributed by atoms with van der Waals surface area (Å²) in [6.45, 7) is 4.98. The highest BCUT2D eigenvalue weighted by Crippen LogP contribution is 2.15. The van der Waals surface area contributed by atoms with Crippen molar-refractivity contribution in [2.45, 2.75) is 78.1 Å². The predicted octanol–water partition coefficient (Wildman–Crippen LogP) is 6.55. The maximum atomic E-state index is 12.5. The predicted molar refractivity (Wildman–Crippen MR) is 139 cm³/mol. The summed E-state index contributed by atoms with van der Waals surface area (Å²) in [5, 5.41) is 8.64. The lowest BCUT2D eigenvalue weighted by Crippen LogP contribution is -2.24. The molecule has 0 saturated carbocycles. The molecule has 0 aliphatic carbocycles. The monoisotopic (exact) mass is 465 g/mol. The van der Waals surface area contributed by atoms with Crippen molar-refractivity contribution < 1.29 is 14.4 Å². The molecule has 6 nitrogen and oxygen atoms in total. The molecule has 0 aliphatic heterocycles. The lowest BCUT2D eigenvalue weighted by Gasteiger charge is -2.09. The Morgan fingerprint density at radius 2 is 1.09 bits per heavy atom. The van der Waals surface area contributed by atoms with E-state index in [0.29, 0.717) is 35.5 Å². The van der Waals surface area contributed by atoms with Crippen LogP contribution in [-0.4, -0.2) is 24.3 Å². The van der Waals surface area contributed by atoms with Crippen molar-refractivity contribution in [1.29, 1.82) is 0 Å². The van der Waals surface area contributed by atoms with Gasteiger partial charge in [-0.2, -0.15) is 0 Å². The average molecular weight is 466 g/mol. The fourth-order valence-corrected chi connectivity index (χ4v) is 3.58. The maximum absolute atomic E-state index is 12.5. The number of rotatable bonds is 15. The van der Waals surface area contributed by atoms with E-state index in [2.05, 4.69) is 29.8 Å². The minimum atomic E-state index is -0.249. The van der Waals surface area contributed by atoms with Gasteiger partial charge in [-0.1, -0.05) is 58.8 Å². The van der Waals surface area contributed by atoms with Crippen LogP contribution < -0.4 is 16.0 Å². The van der Waals surface area contributed by atoms with Gasteiger partial charge < -0.3 is 16.0 Å². The molecule has 0 spiro atoms. The summed E-state index contributed by atoms with van der Waals surface area (Å²) in [5.41, 5.74) is 2.35. The van der Waals surface area contributed by atoms with Crippen molar-refractivity contribution >= 4 is 29.1 Å². The minimum absolute atomic E-state index is 0.0123. The molecule has 0 aromatic heterocycles. The minimum Gasteiger partial charge on any atom is -0.352 e. The molecule has 0 heterocycles. The number of carbonyl (C=O) groups is 3.